The standard InChI is InChI=1S/C10H12N2O2S/c1-7(6-15(13)14)8-3-2-4-10-9(8)5-11-12-10/h2-5,7H,6H2,1H3,(H,11,12)(H,13,14)/p-1. The molecule has 15 heavy (non-hydrogen) atoms. The lowest BCUT2D eigenvalue weighted by molar-refractivity contribution is 0.532. The number of aromatic amines is 1. The molecule has 1 heterocycles. The van der Waals surface area contributed by atoms with Gasteiger partial charge in [0.05, 0.1) is 11.7 Å². The van der Waals surface area contributed by atoms with Crippen molar-refractivity contribution >= 4 is 22.0 Å². The molecule has 0 aliphatic rings. The third-order valence-electron chi connectivity index (χ3n) is 2.44. The molecule has 2 unspecified atom stereocenters. The van der Waals surface area contributed by atoms with Gasteiger partial charge in [-0.1, -0.05) is 30.1 Å². The van der Waals surface area contributed by atoms with Crippen LogP contribution in [-0.2, 0) is 11.1 Å². The Morgan fingerprint density at radius 2 is 2.40 bits per heavy atom. The maximum atomic E-state index is 10.6. The first-order chi connectivity index (χ1) is 7.18. The van der Waals surface area contributed by atoms with Gasteiger partial charge < -0.3 is 4.55 Å². The van der Waals surface area contributed by atoms with Gasteiger partial charge in [0, 0.05) is 11.1 Å². The molecular weight excluding hydrogens is 212 g/mol. The molecule has 2 atom stereocenters. The zero-order valence-electron chi connectivity index (χ0n) is 8.27. The van der Waals surface area contributed by atoms with Crippen molar-refractivity contribution in [1.29, 1.82) is 0 Å². The minimum absolute atomic E-state index is 0.00960. The molecule has 2 aromatic rings. The van der Waals surface area contributed by atoms with Crippen LogP contribution < -0.4 is 0 Å². The van der Waals surface area contributed by atoms with Crippen molar-refractivity contribution in [3.05, 3.63) is 30.0 Å². The van der Waals surface area contributed by atoms with Crippen molar-refractivity contribution in [3.8, 4) is 0 Å². The van der Waals surface area contributed by atoms with Crippen molar-refractivity contribution in [2.75, 3.05) is 5.75 Å². The van der Waals surface area contributed by atoms with Crippen LogP contribution in [0.2, 0.25) is 0 Å². The third-order valence-corrected chi connectivity index (χ3v) is 3.21. The van der Waals surface area contributed by atoms with Gasteiger partial charge in [-0.05, 0) is 17.5 Å². The average Bonchev–Trinajstić information content (AvgIpc) is 2.63. The normalized spacial score (nSPS) is 15.3. The smallest absolute Gasteiger partial charge is 0.0653 e. The number of nitrogens with zero attached hydrogens (tertiary/aromatic N) is 1. The maximum Gasteiger partial charge on any atom is 0.0653 e. The van der Waals surface area contributed by atoms with Gasteiger partial charge in [-0.25, -0.2) is 0 Å². The van der Waals surface area contributed by atoms with Gasteiger partial charge in [0.1, 0.15) is 0 Å². The molecule has 5 heteroatoms. The quantitative estimate of drug-likeness (QED) is 0.802. The molecule has 0 fully saturated rings. The Bertz CT molecular complexity index is 495. The second-order valence-corrected chi connectivity index (χ2v) is 4.49. The highest BCUT2D eigenvalue weighted by Crippen LogP contribution is 2.24. The molecule has 0 radical (unpaired) electrons. The fourth-order valence-corrected chi connectivity index (χ4v) is 2.30. The molecule has 1 aromatic heterocycles. The molecule has 0 aliphatic carbocycles. The zero-order chi connectivity index (χ0) is 10.8. The number of hydrogen-bond donors (Lipinski definition) is 1. The lowest BCUT2D eigenvalue weighted by atomic mass is 10.00. The van der Waals surface area contributed by atoms with Crippen LogP contribution in [0.4, 0.5) is 0 Å². The topological polar surface area (TPSA) is 68.8 Å². The largest absolute Gasteiger partial charge is 0.772 e. The molecule has 1 aromatic carbocycles. The van der Waals surface area contributed by atoms with E-state index in [2.05, 4.69) is 10.2 Å². The molecule has 2 rings (SSSR count). The molecule has 80 valence electrons. The van der Waals surface area contributed by atoms with Crippen molar-refractivity contribution in [2.45, 2.75) is 12.8 Å². The van der Waals surface area contributed by atoms with E-state index in [9.17, 15) is 8.76 Å². The van der Waals surface area contributed by atoms with Crippen LogP contribution in [0.25, 0.3) is 10.9 Å². The fraction of sp³-hybridized carbons (Fsp3) is 0.300. The van der Waals surface area contributed by atoms with Gasteiger partial charge >= 0.3 is 0 Å². The minimum Gasteiger partial charge on any atom is -0.772 e. The van der Waals surface area contributed by atoms with E-state index in [1.807, 2.05) is 25.1 Å². The molecule has 4 nitrogen and oxygen atoms in total. The summed E-state index contributed by atoms with van der Waals surface area (Å²) in [6.45, 7) is 1.90. The van der Waals surface area contributed by atoms with Crippen LogP contribution in [0.15, 0.2) is 24.4 Å². The number of hydrogen-bond acceptors (Lipinski definition) is 3. The van der Waals surface area contributed by atoms with E-state index in [4.69, 9.17) is 0 Å². The van der Waals surface area contributed by atoms with Gasteiger partial charge in [0.15, 0.2) is 0 Å². The zero-order valence-corrected chi connectivity index (χ0v) is 9.08. The molecule has 0 bridgehead atoms. The van der Waals surface area contributed by atoms with Crippen molar-refractivity contribution in [3.63, 3.8) is 0 Å². The van der Waals surface area contributed by atoms with E-state index in [1.165, 1.54) is 0 Å². The van der Waals surface area contributed by atoms with Crippen LogP contribution >= 0.6 is 0 Å². The van der Waals surface area contributed by atoms with Gasteiger partial charge in [0.25, 0.3) is 0 Å². The Kier molecular flexibility index (Phi) is 2.83. The summed E-state index contributed by atoms with van der Waals surface area (Å²) in [4.78, 5) is 0. The highest BCUT2D eigenvalue weighted by atomic mass is 32.2. The number of rotatable bonds is 3. The number of aromatic nitrogens is 2. The predicted octanol–water partition coefficient (Wildman–Crippen LogP) is 1.55. The molecular formula is C10H11N2O2S-. The second-order valence-electron chi connectivity index (χ2n) is 3.55. The summed E-state index contributed by atoms with van der Waals surface area (Å²) in [6, 6.07) is 5.77. The first-order valence-electron chi connectivity index (χ1n) is 4.66. The van der Waals surface area contributed by atoms with Gasteiger partial charge in [-0.15, -0.1) is 0 Å². The van der Waals surface area contributed by atoms with Gasteiger partial charge in [-0.3, -0.25) is 9.31 Å². The molecule has 1 N–H and O–H groups in total. The Morgan fingerprint density at radius 1 is 1.60 bits per heavy atom. The monoisotopic (exact) mass is 223 g/mol. The van der Waals surface area contributed by atoms with Crippen molar-refractivity contribution in [2.24, 2.45) is 0 Å². The number of fused-ring (bicyclic) bond motifs is 1. The Hall–Kier alpha value is -1.20. The van der Waals surface area contributed by atoms with Crippen molar-refractivity contribution < 1.29 is 8.76 Å². The molecule has 0 aliphatic heterocycles. The molecule has 0 amide bonds. The average molecular weight is 223 g/mol. The van der Waals surface area contributed by atoms with Crippen LogP contribution in [0.5, 0.6) is 0 Å². The Balaban J connectivity index is 2.42. The predicted molar refractivity (Wildman–Crippen MR) is 58.3 cm³/mol. The minimum atomic E-state index is -2.01. The maximum absolute atomic E-state index is 10.6. The summed E-state index contributed by atoms with van der Waals surface area (Å²) < 4.78 is 21.3. The SMILES string of the molecule is CC(CS(=O)[O-])c1cccc2[nH]ncc12. The molecule has 0 spiro atoms. The fourth-order valence-electron chi connectivity index (χ4n) is 1.71. The van der Waals surface area contributed by atoms with E-state index in [0.29, 0.717) is 0 Å². The second kappa shape index (κ2) is 4.12. The summed E-state index contributed by atoms with van der Waals surface area (Å²) >= 11 is -2.01. The number of H-pyrrole nitrogens is 1. The third kappa shape index (κ3) is 2.08. The summed E-state index contributed by atoms with van der Waals surface area (Å²) in [7, 11) is 0. The van der Waals surface area contributed by atoms with Crippen LogP contribution in [0.3, 0.4) is 0 Å². The van der Waals surface area contributed by atoms with Crippen LogP contribution in [0, 0.1) is 0 Å². The lowest BCUT2D eigenvalue weighted by Gasteiger charge is -2.14. The van der Waals surface area contributed by atoms with E-state index in [1.54, 1.807) is 6.20 Å². The van der Waals surface area contributed by atoms with E-state index < -0.39 is 11.1 Å². The van der Waals surface area contributed by atoms with Gasteiger partial charge in [-0.2, -0.15) is 5.10 Å². The van der Waals surface area contributed by atoms with Crippen molar-refractivity contribution in [1.82, 2.24) is 10.2 Å². The first kappa shape index (κ1) is 10.3. The number of nitrogens with one attached hydrogen (secondary N) is 1. The highest BCUT2D eigenvalue weighted by Gasteiger charge is 2.10. The van der Waals surface area contributed by atoms with E-state index in [-0.39, 0.29) is 11.7 Å². The van der Waals surface area contributed by atoms with Crippen LogP contribution in [-0.4, -0.2) is 24.7 Å². The lowest BCUT2D eigenvalue weighted by Crippen LogP contribution is -2.05. The van der Waals surface area contributed by atoms with Gasteiger partial charge in [0.2, 0.25) is 0 Å². The Morgan fingerprint density at radius 3 is 3.13 bits per heavy atom. The summed E-state index contributed by atoms with van der Waals surface area (Å²) in [5.41, 5.74) is 1.96. The van der Waals surface area contributed by atoms with E-state index in [0.717, 1.165) is 16.5 Å². The van der Waals surface area contributed by atoms with E-state index >= 15 is 0 Å². The number of benzene rings is 1. The highest BCUT2D eigenvalue weighted by molar-refractivity contribution is 7.79. The molecule has 0 saturated heterocycles. The van der Waals surface area contributed by atoms with Crippen LogP contribution in [0.1, 0.15) is 18.4 Å². The first-order valence-corrected chi connectivity index (χ1v) is 5.90. The summed E-state index contributed by atoms with van der Waals surface area (Å²) in [5, 5.41) is 7.80. The molecule has 0 saturated carbocycles. The summed E-state index contributed by atoms with van der Waals surface area (Å²) in [5.74, 6) is 0.134. The Labute approximate surface area is 90.0 Å². The summed E-state index contributed by atoms with van der Waals surface area (Å²) in [6.07, 6.45) is 1.73.